The van der Waals surface area contributed by atoms with Crippen LogP contribution in [0.4, 0.5) is 0 Å². The number of carbonyl (C=O) groups is 2. The summed E-state index contributed by atoms with van der Waals surface area (Å²) in [5, 5.41) is 0. The van der Waals surface area contributed by atoms with E-state index in [-0.39, 0.29) is 11.1 Å². The molecule has 0 fully saturated rings. The van der Waals surface area contributed by atoms with Gasteiger partial charge in [0.1, 0.15) is 0 Å². The molecule has 13 heavy (non-hydrogen) atoms. The van der Waals surface area contributed by atoms with Crippen molar-refractivity contribution in [3.05, 3.63) is 24.3 Å². The number of nitrogens with one attached hydrogen (secondary N) is 1. The van der Waals surface area contributed by atoms with Crippen molar-refractivity contribution in [2.24, 2.45) is 0 Å². The van der Waals surface area contributed by atoms with E-state index in [4.69, 9.17) is 0 Å². The van der Waals surface area contributed by atoms with Gasteiger partial charge < -0.3 is 9.68 Å². The predicted molar refractivity (Wildman–Crippen MR) is 44.9 cm³/mol. The molecule has 0 saturated heterocycles. The zero-order chi connectivity index (χ0) is 10.4. The Bertz CT molecular complexity index is 231. The van der Waals surface area contributed by atoms with Crippen molar-refractivity contribution in [2.75, 3.05) is 0 Å². The van der Waals surface area contributed by atoms with E-state index >= 15 is 0 Å². The fourth-order valence-electron chi connectivity index (χ4n) is 0.271. The summed E-state index contributed by atoms with van der Waals surface area (Å²) in [5.74, 6) is -1.40. The standard InChI is InChI=1S/C8H11NO4/c1-5(2)7(10)12-9-13-8(11)6(3)4/h9H,1,3H2,2,4H3. The predicted octanol–water partition coefficient (Wildman–Crippen LogP) is 0.645. The van der Waals surface area contributed by atoms with E-state index in [0.717, 1.165) is 0 Å². The summed E-state index contributed by atoms with van der Waals surface area (Å²) >= 11 is 0. The third-order valence-electron chi connectivity index (χ3n) is 0.966. The summed E-state index contributed by atoms with van der Waals surface area (Å²) in [6, 6.07) is 0. The normalized spacial score (nSPS) is 8.77. The molecule has 0 aromatic carbocycles. The zero-order valence-electron chi connectivity index (χ0n) is 7.55. The van der Waals surface area contributed by atoms with Crippen LogP contribution in [0, 0.1) is 0 Å². The van der Waals surface area contributed by atoms with Gasteiger partial charge in [-0.05, 0) is 13.8 Å². The van der Waals surface area contributed by atoms with E-state index in [1.165, 1.54) is 13.8 Å². The number of hydrogen-bond donors (Lipinski definition) is 1. The van der Waals surface area contributed by atoms with Crippen LogP contribution in [-0.4, -0.2) is 11.9 Å². The average Bonchev–Trinajstić information content (AvgIpc) is 2.03. The molecule has 0 bridgehead atoms. The van der Waals surface area contributed by atoms with E-state index in [1.54, 1.807) is 5.64 Å². The lowest BCUT2D eigenvalue weighted by Crippen LogP contribution is -2.24. The first-order chi connectivity index (χ1) is 5.95. The Morgan fingerprint density at radius 3 is 1.54 bits per heavy atom. The van der Waals surface area contributed by atoms with Crippen LogP contribution in [-0.2, 0) is 19.3 Å². The maximum Gasteiger partial charge on any atom is 0.355 e. The highest BCUT2D eigenvalue weighted by atomic mass is 16.9. The quantitative estimate of drug-likeness (QED) is 0.514. The molecule has 0 spiro atoms. The van der Waals surface area contributed by atoms with E-state index in [9.17, 15) is 9.59 Å². The molecule has 0 aliphatic rings. The van der Waals surface area contributed by atoms with E-state index in [1.807, 2.05) is 0 Å². The van der Waals surface area contributed by atoms with Crippen molar-refractivity contribution >= 4 is 11.9 Å². The van der Waals surface area contributed by atoms with Gasteiger partial charge in [0.2, 0.25) is 0 Å². The van der Waals surface area contributed by atoms with Gasteiger partial charge in [0.05, 0.1) is 0 Å². The monoisotopic (exact) mass is 185 g/mol. The molecule has 0 radical (unpaired) electrons. The van der Waals surface area contributed by atoms with Gasteiger partial charge in [0.15, 0.2) is 0 Å². The maximum atomic E-state index is 10.7. The minimum absolute atomic E-state index is 0.193. The lowest BCUT2D eigenvalue weighted by Gasteiger charge is -2.04. The van der Waals surface area contributed by atoms with Gasteiger partial charge in [0, 0.05) is 16.8 Å². The fourth-order valence-corrected chi connectivity index (χ4v) is 0.271. The SMILES string of the molecule is C=C(C)C(=O)ONOC(=O)C(=C)C. The summed E-state index contributed by atoms with van der Waals surface area (Å²) in [7, 11) is 0. The maximum absolute atomic E-state index is 10.7. The molecule has 0 atom stereocenters. The molecular weight excluding hydrogens is 174 g/mol. The Labute approximate surface area is 75.9 Å². The van der Waals surface area contributed by atoms with Gasteiger partial charge in [-0.25, -0.2) is 9.59 Å². The van der Waals surface area contributed by atoms with Crippen LogP contribution >= 0.6 is 0 Å². The summed E-state index contributed by atoms with van der Waals surface area (Å²) in [6.07, 6.45) is 0. The average molecular weight is 185 g/mol. The van der Waals surface area contributed by atoms with Crippen molar-refractivity contribution < 1.29 is 19.3 Å². The number of hydrogen-bond acceptors (Lipinski definition) is 5. The first kappa shape index (κ1) is 11.4. The molecule has 1 N–H and O–H groups in total. The smallest absolute Gasteiger partial charge is 0.331 e. The Balaban J connectivity index is 3.69. The van der Waals surface area contributed by atoms with E-state index in [2.05, 4.69) is 22.8 Å². The van der Waals surface area contributed by atoms with Crippen LogP contribution in [0.3, 0.4) is 0 Å². The lowest BCUT2D eigenvalue weighted by atomic mass is 10.4. The molecule has 5 nitrogen and oxygen atoms in total. The second kappa shape index (κ2) is 5.10. The van der Waals surface area contributed by atoms with Crippen molar-refractivity contribution in [3.63, 3.8) is 0 Å². The Morgan fingerprint density at radius 2 is 1.31 bits per heavy atom. The van der Waals surface area contributed by atoms with Crippen molar-refractivity contribution in [1.29, 1.82) is 0 Å². The Hall–Kier alpha value is -1.62. The van der Waals surface area contributed by atoms with Crippen LogP contribution < -0.4 is 5.64 Å². The van der Waals surface area contributed by atoms with E-state index < -0.39 is 11.9 Å². The lowest BCUT2D eigenvalue weighted by molar-refractivity contribution is -0.192. The largest absolute Gasteiger partial charge is 0.355 e. The summed E-state index contributed by atoms with van der Waals surface area (Å²) in [4.78, 5) is 29.9. The molecule has 0 saturated carbocycles. The second-order valence-electron chi connectivity index (χ2n) is 2.42. The topological polar surface area (TPSA) is 64.6 Å². The molecule has 0 aliphatic heterocycles. The van der Waals surface area contributed by atoms with Gasteiger partial charge in [-0.3, -0.25) is 0 Å². The first-order valence-corrected chi connectivity index (χ1v) is 3.43. The van der Waals surface area contributed by atoms with Gasteiger partial charge in [-0.1, -0.05) is 13.2 Å². The molecule has 0 unspecified atom stereocenters. The van der Waals surface area contributed by atoms with Crippen LogP contribution in [0.2, 0.25) is 0 Å². The highest BCUT2D eigenvalue weighted by Crippen LogP contribution is 1.91. The third kappa shape index (κ3) is 4.76. The first-order valence-electron chi connectivity index (χ1n) is 3.43. The highest BCUT2D eigenvalue weighted by molar-refractivity contribution is 5.87. The minimum atomic E-state index is -0.700. The summed E-state index contributed by atoms with van der Waals surface area (Å²) in [5.41, 5.74) is 2.11. The van der Waals surface area contributed by atoms with Crippen LogP contribution in [0.5, 0.6) is 0 Å². The molecule has 5 heteroatoms. The van der Waals surface area contributed by atoms with Gasteiger partial charge in [0.25, 0.3) is 0 Å². The van der Waals surface area contributed by atoms with Crippen LogP contribution in [0.25, 0.3) is 0 Å². The molecule has 0 rings (SSSR count). The molecule has 0 aromatic heterocycles. The molecule has 0 heterocycles. The van der Waals surface area contributed by atoms with Crippen LogP contribution in [0.15, 0.2) is 24.3 Å². The molecule has 72 valence electrons. The highest BCUT2D eigenvalue weighted by Gasteiger charge is 2.06. The van der Waals surface area contributed by atoms with Crippen molar-refractivity contribution in [3.8, 4) is 0 Å². The summed E-state index contributed by atoms with van der Waals surface area (Å²) in [6.45, 7) is 9.56. The van der Waals surface area contributed by atoms with Crippen LogP contribution in [0.1, 0.15) is 13.8 Å². The Morgan fingerprint density at radius 1 is 1.00 bits per heavy atom. The Kier molecular flexibility index (Phi) is 4.47. The number of carbonyl (C=O) groups excluding carboxylic acids is 2. The van der Waals surface area contributed by atoms with Gasteiger partial charge >= 0.3 is 11.9 Å². The molecule has 0 amide bonds. The van der Waals surface area contributed by atoms with Crippen molar-refractivity contribution in [2.45, 2.75) is 13.8 Å². The molecular formula is C8H11NO4. The van der Waals surface area contributed by atoms with Gasteiger partial charge in [-0.15, -0.1) is 0 Å². The fraction of sp³-hybridized carbons (Fsp3) is 0.250. The molecule has 0 aliphatic carbocycles. The van der Waals surface area contributed by atoms with E-state index in [0.29, 0.717) is 0 Å². The summed E-state index contributed by atoms with van der Waals surface area (Å²) < 4.78 is 0. The second-order valence-corrected chi connectivity index (χ2v) is 2.42. The third-order valence-corrected chi connectivity index (χ3v) is 0.966. The molecule has 0 aromatic rings. The number of rotatable bonds is 4. The van der Waals surface area contributed by atoms with Gasteiger partial charge in [-0.2, -0.15) is 0 Å². The zero-order valence-corrected chi connectivity index (χ0v) is 7.55. The van der Waals surface area contributed by atoms with Crippen molar-refractivity contribution in [1.82, 2.24) is 5.64 Å². The minimum Gasteiger partial charge on any atom is -0.331 e.